The third-order valence-corrected chi connectivity index (χ3v) is 3.59. The predicted octanol–water partition coefficient (Wildman–Crippen LogP) is 4.07. The van der Waals surface area contributed by atoms with Crippen LogP contribution in [0.3, 0.4) is 0 Å². The Morgan fingerprint density at radius 3 is 2.65 bits per heavy atom. The van der Waals surface area contributed by atoms with Crippen molar-refractivity contribution in [2.45, 2.75) is 46.1 Å². The highest BCUT2D eigenvalue weighted by Gasteiger charge is 2.15. The van der Waals surface area contributed by atoms with Gasteiger partial charge in [-0.1, -0.05) is 24.6 Å². The van der Waals surface area contributed by atoms with E-state index >= 15 is 0 Å². The lowest BCUT2D eigenvalue weighted by Gasteiger charge is -2.18. The van der Waals surface area contributed by atoms with Gasteiger partial charge in [0.15, 0.2) is 0 Å². The predicted molar refractivity (Wildman–Crippen MR) is 82.7 cm³/mol. The van der Waals surface area contributed by atoms with Crippen molar-refractivity contribution in [3.05, 3.63) is 29.8 Å². The fourth-order valence-corrected chi connectivity index (χ4v) is 2.20. The van der Waals surface area contributed by atoms with Gasteiger partial charge in [0.25, 0.3) is 0 Å². The summed E-state index contributed by atoms with van der Waals surface area (Å²) in [6, 6.07) is 10.7. The van der Waals surface area contributed by atoms with Crippen molar-refractivity contribution in [1.29, 1.82) is 5.26 Å². The molecule has 1 aromatic carbocycles. The number of nitrogens with one attached hydrogen (secondary N) is 1. The van der Waals surface area contributed by atoms with Crippen LogP contribution in [0.5, 0.6) is 5.75 Å². The molecule has 1 atom stereocenters. The number of rotatable bonds is 8. The molecule has 0 amide bonds. The molecule has 0 aliphatic carbocycles. The van der Waals surface area contributed by atoms with Gasteiger partial charge in [0.05, 0.1) is 18.6 Å². The van der Waals surface area contributed by atoms with Gasteiger partial charge < -0.3 is 10.1 Å². The van der Waals surface area contributed by atoms with Gasteiger partial charge >= 0.3 is 0 Å². The molecular formula is C17H26N2O. The maximum Gasteiger partial charge on any atom is 0.123 e. The first kappa shape index (κ1) is 16.5. The third-order valence-electron chi connectivity index (χ3n) is 3.59. The largest absolute Gasteiger partial charge is 0.496 e. The second-order valence-corrected chi connectivity index (χ2v) is 5.87. The Labute approximate surface area is 123 Å². The Morgan fingerprint density at radius 2 is 2.00 bits per heavy atom. The van der Waals surface area contributed by atoms with Crippen molar-refractivity contribution >= 4 is 0 Å². The number of nitriles is 1. The quantitative estimate of drug-likeness (QED) is 0.727. The second-order valence-electron chi connectivity index (χ2n) is 5.87. The Hall–Kier alpha value is -1.53. The van der Waals surface area contributed by atoms with Crippen LogP contribution in [0.25, 0.3) is 0 Å². The van der Waals surface area contributed by atoms with Gasteiger partial charge in [-0.2, -0.15) is 5.26 Å². The summed E-state index contributed by atoms with van der Waals surface area (Å²) >= 11 is 0. The van der Waals surface area contributed by atoms with Crippen molar-refractivity contribution < 1.29 is 4.74 Å². The van der Waals surface area contributed by atoms with Crippen LogP contribution in [0, 0.1) is 16.7 Å². The summed E-state index contributed by atoms with van der Waals surface area (Å²) in [6.45, 7) is 7.10. The fourth-order valence-electron chi connectivity index (χ4n) is 2.20. The Balaban J connectivity index is 2.34. The van der Waals surface area contributed by atoms with E-state index in [0.717, 1.165) is 31.6 Å². The Kier molecular flexibility index (Phi) is 6.54. The van der Waals surface area contributed by atoms with Crippen molar-refractivity contribution in [3.8, 4) is 11.8 Å². The summed E-state index contributed by atoms with van der Waals surface area (Å²) in [4.78, 5) is 0. The van der Waals surface area contributed by atoms with Crippen LogP contribution in [0.1, 0.15) is 51.6 Å². The minimum Gasteiger partial charge on any atom is -0.496 e. The van der Waals surface area contributed by atoms with Gasteiger partial charge in [-0.25, -0.2) is 0 Å². The van der Waals surface area contributed by atoms with Crippen molar-refractivity contribution in [1.82, 2.24) is 5.32 Å². The molecule has 0 bridgehead atoms. The highest BCUT2D eigenvalue weighted by atomic mass is 16.5. The van der Waals surface area contributed by atoms with E-state index in [9.17, 15) is 0 Å². The maximum atomic E-state index is 8.97. The molecule has 0 saturated heterocycles. The zero-order chi connectivity index (χ0) is 15.0. The molecule has 1 aromatic rings. The Bertz CT molecular complexity index is 449. The van der Waals surface area contributed by atoms with Crippen molar-refractivity contribution in [2.75, 3.05) is 13.7 Å². The molecule has 3 nitrogen and oxygen atoms in total. The van der Waals surface area contributed by atoms with E-state index in [1.165, 1.54) is 5.56 Å². The summed E-state index contributed by atoms with van der Waals surface area (Å²) in [6.07, 6.45) is 3.12. The summed E-state index contributed by atoms with van der Waals surface area (Å²) in [7, 11) is 1.70. The van der Waals surface area contributed by atoms with Crippen LogP contribution in [0.2, 0.25) is 0 Å². The number of methoxy groups -OCH3 is 1. The second kappa shape index (κ2) is 7.91. The van der Waals surface area contributed by atoms with E-state index in [1.807, 2.05) is 32.0 Å². The highest BCUT2D eigenvalue weighted by Crippen LogP contribution is 2.24. The molecule has 1 rings (SSSR count). The molecule has 0 radical (unpaired) electrons. The van der Waals surface area contributed by atoms with Gasteiger partial charge in [0, 0.05) is 11.6 Å². The monoisotopic (exact) mass is 274 g/mol. The van der Waals surface area contributed by atoms with E-state index in [1.54, 1.807) is 7.11 Å². The molecule has 0 aliphatic rings. The minimum atomic E-state index is -0.200. The standard InChI is InChI=1S/C17H26N2O/c1-14(15-9-5-6-10-16(15)20-4)19-12-8-7-11-17(2,3)13-18/h5-6,9-10,14,19H,7-8,11-12H2,1-4H3/t14-/m0/s1. The molecule has 0 aromatic heterocycles. The van der Waals surface area contributed by atoms with Gasteiger partial charge in [-0.3, -0.25) is 0 Å². The lowest BCUT2D eigenvalue weighted by molar-refractivity contribution is 0.397. The van der Waals surface area contributed by atoms with Crippen LogP contribution < -0.4 is 10.1 Å². The topological polar surface area (TPSA) is 45.0 Å². The maximum absolute atomic E-state index is 8.97. The number of hydrogen-bond acceptors (Lipinski definition) is 3. The summed E-state index contributed by atoms with van der Waals surface area (Å²) in [5.41, 5.74) is 0.987. The first-order chi connectivity index (χ1) is 9.50. The zero-order valence-corrected chi connectivity index (χ0v) is 13.1. The average Bonchev–Trinajstić information content (AvgIpc) is 2.46. The minimum absolute atomic E-state index is 0.200. The molecule has 110 valence electrons. The molecule has 0 saturated carbocycles. The first-order valence-corrected chi connectivity index (χ1v) is 7.28. The molecule has 20 heavy (non-hydrogen) atoms. The molecule has 0 aliphatic heterocycles. The van der Waals surface area contributed by atoms with E-state index in [2.05, 4.69) is 24.4 Å². The average molecular weight is 274 g/mol. The molecular weight excluding hydrogens is 248 g/mol. The zero-order valence-electron chi connectivity index (χ0n) is 13.1. The first-order valence-electron chi connectivity index (χ1n) is 7.28. The van der Waals surface area contributed by atoms with Gasteiger partial charge in [0.1, 0.15) is 5.75 Å². The Morgan fingerprint density at radius 1 is 1.30 bits per heavy atom. The molecule has 0 unspecified atom stereocenters. The van der Waals surface area contributed by atoms with E-state index in [4.69, 9.17) is 10.00 Å². The number of unbranched alkanes of at least 4 members (excludes halogenated alkanes) is 1. The van der Waals surface area contributed by atoms with Crippen molar-refractivity contribution in [2.24, 2.45) is 5.41 Å². The van der Waals surface area contributed by atoms with Crippen LogP contribution in [-0.2, 0) is 0 Å². The summed E-state index contributed by atoms with van der Waals surface area (Å²) in [5, 5.41) is 12.5. The fraction of sp³-hybridized carbons (Fsp3) is 0.588. The van der Waals surface area contributed by atoms with E-state index in [-0.39, 0.29) is 11.5 Å². The van der Waals surface area contributed by atoms with E-state index in [0.29, 0.717) is 0 Å². The van der Waals surface area contributed by atoms with Crippen LogP contribution >= 0.6 is 0 Å². The normalized spacial score (nSPS) is 12.8. The molecule has 1 N–H and O–H groups in total. The van der Waals surface area contributed by atoms with Gasteiger partial charge in [-0.15, -0.1) is 0 Å². The molecule has 0 fully saturated rings. The lowest BCUT2D eigenvalue weighted by Crippen LogP contribution is -2.20. The lowest BCUT2D eigenvalue weighted by atomic mass is 9.89. The smallest absolute Gasteiger partial charge is 0.123 e. The van der Waals surface area contributed by atoms with Crippen molar-refractivity contribution in [3.63, 3.8) is 0 Å². The summed E-state index contributed by atoms with van der Waals surface area (Å²) in [5.74, 6) is 0.929. The number of benzene rings is 1. The molecule has 3 heteroatoms. The number of para-hydroxylation sites is 1. The SMILES string of the molecule is COc1ccccc1[C@H](C)NCCCCC(C)(C)C#N. The number of ether oxygens (including phenoxy) is 1. The third kappa shape index (κ3) is 5.22. The number of hydrogen-bond donors (Lipinski definition) is 1. The van der Waals surface area contributed by atoms with Gasteiger partial charge in [0.2, 0.25) is 0 Å². The van der Waals surface area contributed by atoms with Gasteiger partial charge in [-0.05, 0) is 46.2 Å². The van der Waals surface area contributed by atoms with E-state index < -0.39 is 0 Å². The van der Waals surface area contributed by atoms with Crippen LogP contribution in [0.4, 0.5) is 0 Å². The molecule has 0 spiro atoms. The highest BCUT2D eigenvalue weighted by molar-refractivity contribution is 5.35. The molecule has 0 heterocycles. The summed E-state index contributed by atoms with van der Waals surface area (Å²) < 4.78 is 5.38. The van der Waals surface area contributed by atoms with Crippen LogP contribution in [-0.4, -0.2) is 13.7 Å². The number of nitrogens with zero attached hydrogens (tertiary/aromatic N) is 1. The van der Waals surface area contributed by atoms with Crippen LogP contribution in [0.15, 0.2) is 24.3 Å².